The molecule has 3 N–H and O–H groups in total. The van der Waals surface area contributed by atoms with E-state index >= 15 is 0 Å². The Morgan fingerprint density at radius 3 is 2.50 bits per heavy atom. The van der Waals surface area contributed by atoms with Gasteiger partial charge in [-0.05, 0) is 13.8 Å². The molecule has 0 radical (unpaired) electrons. The molecule has 7 heteroatoms. The van der Waals surface area contributed by atoms with Gasteiger partial charge >= 0.3 is 0 Å². The summed E-state index contributed by atoms with van der Waals surface area (Å²) in [4.78, 5) is 10.9. The number of carbonyl (C=O) groups is 1. The Bertz CT molecular complexity index is 333. The van der Waals surface area contributed by atoms with Crippen molar-refractivity contribution < 1.29 is 29.2 Å². The number of aliphatic hydroxyl groups is 2. The lowest BCUT2D eigenvalue weighted by Crippen LogP contribution is -2.43. The smallest absolute Gasteiger partial charge is 0.218 e. The van der Waals surface area contributed by atoms with Crippen molar-refractivity contribution >= 4 is 5.91 Å². The molecule has 0 bridgehead atoms. The number of carbonyl (C=O) groups excluding carboxylic acids is 1. The van der Waals surface area contributed by atoms with Crippen molar-refractivity contribution in [3.8, 4) is 0 Å². The molecule has 0 aliphatic carbocycles. The maximum absolute atomic E-state index is 10.9. The molecule has 0 saturated carbocycles. The van der Waals surface area contributed by atoms with Crippen molar-refractivity contribution in [1.82, 2.24) is 5.32 Å². The molecule has 0 aromatic heterocycles. The van der Waals surface area contributed by atoms with Crippen molar-refractivity contribution in [2.24, 2.45) is 0 Å². The summed E-state index contributed by atoms with van der Waals surface area (Å²) in [6.07, 6.45) is -4.41. The van der Waals surface area contributed by atoms with E-state index in [0.29, 0.717) is 0 Å². The predicted octanol–water partition coefficient (Wildman–Crippen LogP) is -1.28. The van der Waals surface area contributed by atoms with Crippen LogP contribution < -0.4 is 5.32 Å². The van der Waals surface area contributed by atoms with Gasteiger partial charge in [-0.2, -0.15) is 0 Å². The average molecular weight is 261 g/mol. The summed E-state index contributed by atoms with van der Waals surface area (Å²) in [5.74, 6) is -1.07. The summed E-state index contributed by atoms with van der Waals surface area (Å²) < 4.78 is 16.4. The van der Waals surface area contributed by atoms with Gasteiger partial charge in [-0.1, -0.05) is 0 Å². The highest BCUT2D eigenvalue weighted by Crippen LogP contribution is 2.31. The molecule has 0 unspecified atom stereocenters. The lowest BCUT2D eigenvalue weighted by atomic mass is 10.1. The SMILES string of the molecule is CC(=O)N[C@H]1O[C@H]([C@H]2COC(C)(C)O2)[C@H](O)[C@H]1O. The molecule has 5 atom stereocenters. The Morgan fingerprint density at radius 2 is 2.00 bits per heavy atom. The van der Waals surface area contributed by atoms with Crippen LogP contribution in [0.5, 0.6) is 0 Å². The second-order valence-electron chi connectivity index (χ2n) is 5.07. The molecule has 2 aliphatic heterocycles. The molecule has 18 heavy (non-hydrogen) atoms. The fraction of sp³-hybridized carbons (Fsp3) is 0.909. The number of rotatable bonds is 2. The van der Waals surface area contributed by atoms with Gasteiger partial charge in [-0.15, -0.1) is 0 Å². The van der Waals surface area contributed by atoms with Gasteiger partial charge in [0.25, 0.3) is 0 Å². The van der Waals surface area contributed by atoms with E-state index in [2.05, 4.69) is 5.32 Å². The highest BCUT2D eigenvalue weighted by Gasteiger charge is 2.50. The summed E-state index contributed by atoms with van der Waals surface area (Å²) in [5, 5.41) is 22.1. The fourth-order valence-electron chi connectivity index (χ4n) is 2.21. The van der Waals surface area contributed by atoms with Crippen molar-refractivity contribution in [3.05, 3.63) is 0 Å². The molecule has 0 aromatic carbocycles. The maximum atomic E-state index is 10.9. The largest absolute Gasteiger partial charge is 0.387 e. The van der Waals surface area contributed by atoms with Crippen molar-refractivity contribution in [1.29, 1.82) is 0 Å². The van der Waals surface area contributed by atoms with E-state index in [1.165, 1.54) is 6.92 Å². The van der Waals surface area contributed by atoms with Crippen LogP contribution >= 0.6 is 0 Å². The van der Waals surface area contributed by atoms with E-state index in [9.17, 15) is 15.0 Å². The van der Waals surface area contributed by atoms with E-state index < -0.39 is 36.4 Å². The minimum Gasteiger partial charge on any atom is -0.387 e. The van der Waals surface area contributed by atoms with Gasteiger partial charge in [0.15, 0.2) is 12.0 Å². The Morgan fingerprint density at radius 1 is 1.33 bits per heavy atom. The molecule has 2 saturated heterocycles. The van der Waals surface area contributed by atoms with Crippen LogP contribution in [0.3, 0.4) is 0 Å². The Labute approximate surface area is 105 Å². The Hall–Kier alpha value is -0.730. The number of ether oxygens (including phenoxy) is 3. The molecule has 1 amide bonds. The molecular weight excluding hydrogens is 242 g/mol. The molecule has 104 valence electrons. The first-order valence-corrected chi connectivity index (χ1v) is 5.90. The van der Waals surface area contributed by atoms with Crippen molar-refractivity contribution in [2.75, 3.05) is 6.61 Å². The minimum atomic E-state index is -1.17. The molecule has 2 heterocycles. The zero-order chi connectivity index (χ0) is 13.5. The van der Waals surface area contributed by atoms with E-state index in [0.717, 1.165) is 0 Å². The molecule has 2 aliphatic rings. The van der Waals surface area contributed by atoms with E-state index in [1.807, 2.05) is 0 Å². The summed E-state index contributed by atoms with van der Waals surface area (Å²) in [6.45, 7) is 5.11. The summed E-state index contributed by atoms with van der Waals surface area (Å²) in [5.41, 5.74) is 0. The van der Waals surface area contributed by atoms with Crippen LogP contribution in [0, 0.1) is 0 Å². The lowest BCUT2D eigenvalue weighted by Gasteiger charge is -2.22. The first kappa shape index (κ1) is 13.7. The van der Waals surface area contributed by atoms with Crippen LogP contribution in [0.15, 0.2) is 0 Å². The number of hydrogen-bond donors (Lipinski definition) is 3. The Kier molecular flexibility index (Phi) is 3.61. The second-order valence-corrected chi connectivity index (χ2v) is 5.07. The summed E-state index contributed by atoms with van der Waals surface area (Å²) in [7, 11) is 0. The number of nitrogens with one attached hydrogen (secondary N) is 1. The fourth-order valence-corrected chi connectivity index (χ4v) is 2.21. The van der Waals surface area contributed by atoms with Crippen LogP contribution in [0.2, 0.25) is 0 Å². The van der Waals surface area contributed by atoms with Crippen molar-refractivity contribution in [2.45, 2.75) is 57.2 Å². The van der Waals surface area contributed by atoms with Gasteiger partial charge in [-0.3, -0.25) is 4.79 Å². The zero-order valence-corrected chi connectivity index (χ0v) is 10.6. The van der Waals surface area contributed by atoms with Gasteiger partial charge in [-0.25, -0.2) is 0 Å². The van der Waals surface area contributed by atoms with Crippen LogP contribution in [-0.2, 0) is 19.0 Å². The molecule has 0 spiro atoms. The van der Waals surface area contributed by atoms with Gasteiger partial charge in [0.2, 0.25) is 5.91 Å². The quantitative estimate of drug-likeness (QED) is 0.573. The minimum absolute atomic E-state index is 0.272. The molecule has 2 fully saturated rings. The standard InChI is InChI=1S/C11H19NO6/c1-5(13)12-10-8(15)7(14)9(17-10)6-4-16-11(2,3)18-6/h6-10,14-15H,4H2,1-3H3,(H,12,13)/t6-,7-,8-,9-,10+/m1/s1. The highest BCUT2D eigenvalue weighted by molar-refractivity contribution is 5.73. The molecule has 0 aromatic rings. The lowest BCUT2D eigenvalue weighted by molar-refractivity contribution is -0.163. The predicted molar refractivity (Wildman–Crippen MR) is 59.4 cm³/mol. The van der Waals surface area contributed by atoms with E-state index in [1.54, 1.807) is 13.8 Å². The van der Waals surface area contributed by atoms with Crippen LogP contribution in [-0.4, -0.2) is 59.2 Å². The number of aliphatic hydroxyl groups excluding tert-OH is 2. The highest BCUT2D eigenvalue weighted by atomic mass is 16.8. The van der Waals surface area contributed by atoms with Crippen LogP contribution in [0.4, 0.5) is 0 Å². The number of amides is 1. The van der Waals surface area contributed by atoms with Gasteiger partial charge < -0.3 is 29.7 Å². The van der Waals surface area contributed by atoms with E-state index in [4.69, 9.17) is 14.2 Å². The van der Waals surface area contributed by atoms with Gasteiger partial charge in [0, 0.05) is 6.92 Å². The normalized spacial score (nSPS) is 43.1. The summed E-state index contributed by atoms with van der Waals surface area (Å²) >= 11 is 0. The zero-order valence-electron chi connectivity index (χ0n) is 10.6. The molecular formula is C11H19NO6. The third kappa shape index (κ3) is 2.65. The average Bonchev–Trinajstić information content (AvgIpc) is 2.73. The number of hydrogen-bond acceptors (Lipinski definition) is 6. The summed E-state index contributed by atoms with van der Waals surface area (Å²) in [6, 6.07) is 0. The Balaban J connectivity index is 2.00. The van der Waals surface area contributed by atoms with E-state index in [-0.39, 0.29) is 12.5 Å². The topological polar surface area (TPSA) is 97.3 Å². The van der Waals surface area contributed by atoms with Crippen molar-refractivity contribution in [3.63, 3.8) is 0 Å². The maximum Gasteiger partial charge on any atom is 0.218 e. The monoisotopic (exact) mass is 261 g/mol. The van der Waals surface area contributed by atoms with Gasteiger partial charge in [0.1, 0.15) is 24.4 Å². The molecule has 2 rings (SSSR count). The second kappa shape index (κ2) is 4.75. The van der Waals surface area contributed by atoms with Crippen LogP contribution in [0.25, 0.3) is 0 Å². The van der Waals surface area contributed by atoms with Crippen LogP contribution in [0.1, 0.15) is 20.8 Å². The molecule has 7 nitrogen and oxygen atoms in total. The third-order valence-corrected chi connectivity index (χ3v) is 3.04. The van der Waals surface area contributed by atoms with Gasteiger partial charge in [0.05, 0.1) is 6.61 Å². The first-order valence-electron chi connectivity index (χ1n) is 5.90. The third-order valence-electron chi connectivity index (χ3n) is 3.04. The first-order chi connectivity index (χ1) is 8.30.